The van der Waals surface area contributed by atoms with Crippen molar-refractivity contribution in [3.05, 3.63) is 71.8 Å². The summed E-state index contributed by atoms with van der Waals surface area (Å²) in [6.07, 6.45) is 1.99. The molecule has 2 aromatic rings. The molecule has 1 saturated heterocycles. The third kappa shape index (κ3) is 5.65. The molecule has 0 unspecified atom stereocenters. The molecule has 4 nitrogen and oxygen atoms in total. The van der Waals surface area contributed by atoms with Crippen molar-refractivity contribution in [3.63, 3.8) is 0 Å². The zero-order chi connectivity index (χ0) is 18.9. The van der Waals surface area contributed by atoms with Crippen LogP contribution in [0, 0.1) is 0 Å². The number of unbranched alkanes of at least 4 members (excludes halogenated alkanes) is 1. The number of benzene rings is 2. The number of esters is 1. The highest BCUT2D eigenvalue weighted by Gasteiger charge is 2.27. The van der Waals surface area contributed by atoms with E-state index >= 15 is 0 Å². The van der Waals surface area contributed by atoms with Gasteiger partial charge < -0.3 is 4.74 Å². The van der Waals surface area contributed by atoms with Crippen LogP contribution in [0.15, 0.2) is 60.7 Å². The second-order valence-corrected chi connectivity index (χ2v) is 7.11. The molecular weight excluding hydrogens is 336 g/mol. The molecule has 1 aliphatic heterocycles. The maximum Gasteiger partial charge on any atom is 0.320 e. The van der Waals surface area contributed by atoms with E-state index in [1.54, 1.807) is 0 Å². The Morgan fingerprint density at radius 2 is 1.48 bits per heavy atom. The zero-order valence-electron chi connectivity index (χ0n) is 16.2. The number of rotatable bonds is 8. The molecule has 2 aromatic carbocycles. The summed E-state index contributed by atoms with van der Waals surface area (Å²) >= 11 is 0. The average molecular weight is 367 g/mol. The normalized spacial score (nSPS) is 15.8. The molecule has 4 heteroatoms. The van der Waals surface area contributed by atoms with Crippen LogP contribution in [0.3, 0.4) is 0 Å². The van der Waals surface area contributed by atoms with Gasteiger partial charge in [-0.2, -0.15) is 0 Å². The van der Waals surface area contributed by atoms with Gasteiger partial charge in [0.1, 0.15) is 0 Å². The monoisotopic (exact) mass is 366 g/mol. The highest BCUT2D eigenvalue weighted by atomic mass is 16.5. The minimum Gasteiger partial charge on any atom is -0.465 e. The van der Waals surface area contributed by atoms with E-state index in [0.717, 1.165) is 39.0 Å². The van der Waals surface area contributed by atoms with Crippen LogP contribution in [0.25, 0.3) is 0 Å². The van der Waals surface area contributed by atoms with Gasteiger partial charge in [-0.05, 0) is 17.5 Å². The van der Waals surface area contributed by atoms with Crippen molar-refractivity contribution in [2.24, 2.45) is 0 Å². The third-order valence-corrected chi connectivity index (χ3v) is 5.12. The van der Waals surface area contributed by atoms with Crippen LogP contribution in [0.5, 0.6) is 0 Å². The van der Waals surface area contributed by atoms with Crippen LogP contribution in [0.1, 0.15) is 36.9 Å². The first-order chi connectivity index (χ1) is 13.3. The standard InChI is InChI=1S/C23H30N2O2/c1-2-3-18-27-22(26)19-24-14-16-25(17-15-24)23(20-10-6-4-7-11-20)21-12-8-5-9-13-21/h4-13,23H,2-3,14-19H2,1H3. The second-order valence-electron chi connectivity index (χ2n) is 7.11. The van der Waals surface area contributed by atoms with Crippen molar-refractivity contribution in [2.45, 2.75) is 25.8 Å². The molecule has 0 aromatic heterocycles. The number of carbonyl (C=O) groups excluding carboxylic acids is 1. The van der Waals surface area contributed by atoms with E-state index in [1.807, 2.05) is 0 Å². The lowest BCUT2D eigenvalue weighted by atomic mass is 9.96. The Morgan fingerprint density at radius 1 is 0.926 bits per heavy atom. The molecule has 0 spiro atoms. The number of hydrogen-bond acceptors (Lipinski definition) is 4. The van der Waals surface area contributed by atoms with Gasteiger partial charge in [0.2, 0.25) is 0 Å². The van der Waals surface area contributed by atoms with Crippen molar-refractivity contribution >= 4 is 5.97 Å². The summed E-state index contributed by atoms with van der Waals surface area (Å²) in [5.41, 5.74) is 2.63. The van der Waals surface area contributed by atoms with E-state index in [1.165, 1.54) is 11.1 Å². The van der Waals surface area contributed by atoms with Crippen molar-refractivity contribution in [1.82, 2.24) is 9.80 Å². The summed E-state index contributed by atoms with van der Waals surface area (Å²) in [6.45, 7) is 6.70. The largest absolute Gasteiger partial charge is 0.465 e. The van der Waals surface area contributed by atoms with Gasteiger partial charge in [0, 0.05) is 26.2 Å². The van der Waals surface area contributed by atoms with Crippen molar-refractivity contribution in [2.75, 3.05) is 39.3 Å². The van der Waals surface area contributed by atoms with Crippen LogP contribution < -0.4 is 0 Å². The van der Waals surface area contributed by atoms with Gasteiger partial charge in [-0.15, -0.1) is 0 Å². The first kappa shape index (κ1) is 19.6. The van der Waals surface area contributed by atoms with Gasteiger partial charge in [0.25, 0.3) is 0 Å². The Kier molecular flexibility index (Phi) is 7.43. The average Bonchev–Trinajstić information content (AvgIpc) is 2.71. The van der Waals surface area contributed by atoms with E-state index in [0.29, 0.717) is 13.2 Å². The molecule has 1 aliphatic rings. The van der Waals surface area contributed by atoms with Gasteiger partial charge in [-0.25, -0.2) is 0 Å². The minimum absolute atomic E-state index is 0.0976. The van der Waals surface area contributed by atoms with Gasteiger partial charge >= 0.3 is 5.97 Å². The fraction of sp³-hybridized carbons (Fsp3) is 0.435. The Balaban J connectivity index is 1.61. The first-order valence-electron chi connectivity index (χ1n) is 10.00. The van der Waals surface area contributed by atoms with Crippen molar-refractivity contribution in [3.8, 4) is 0 Å². The molecule has 0 radical (unpaired) electrons. The lowest BCUT2D eigenvalue weighted by Gasteiger charge is -2.39. The minimum atomic E-state index is -0.0976. The fourth-order valence-electron chi connectivity index (χ4n) is 3.62. The number of ether oxygens (including phenoxy) is 1. The van der Waals surface area contributed by atoms with E-state index in [-0.39, 0.29) is 12.0 Å². The van der Waals surface area contributed by atoms with Crippen LogP contribution in [0.4, 0.5) is 0 Å². The van der Waals surface area contributed by atoms with Gasteiger partial charge in [-0.1, -0.05) is 74.0 Å². The fourth-order valence-corrected chi connectivity index (χ4v) is 3.62. The lowest BCUT2D eigenvalue weighted by Crippen LogP contribution is -2.49. The number of hydrogen-bond donors (Lipinski definition) is 0. The molecule has 0 saturated carbocycles. The van der Waals surface area contributed by atoms with Gasteiger partial charge in [-0.3, -0.25) is 14.6 Å². The van der Waals surface area contributed by atoms with Crippen LogP contribution in [-0.4, -0.2) is 55.1 Å². The maximum atomic E-state index is 12.0. The van der Waals surface area contributed by atoms with Gasteiger partial charge in [0.15, 0.2) is 0 Å². The molecule has 27 heavy (non-hydrogen) atoms. The Bertz CT molecular complexity index is 643. The molecule has 0 aliphatic carbocycles. The molecule has 3 rings (SSSR count). The molecular formula is C23H30N2O2. The molecule has 0 N–H and O–H groups in total. The maximum absolute atomic E-state index is 12.0. The zero-order valence-corrected chi connectivity index (χ0v) is 16.2. The summed E-state index contributed by atoms with van der Waals surface area (Å²) in [6, 6.07) is 21.6. The lowest BCUT2D eigenvalue weighted by molar-refractivity contribution is -0.145. The van der Waals surface area contributed by atoms with E-state index in [4.69, 9.17) is 4.74 Å². The Hall–Kier alpha value is -2.17. The third-order valence-electron chi connectivity index (χ3n) is 5.12. The van der Waals surface area contributed by atoms with E-state index in [2.05, 4.69) is 77.4 Å². The van der Waals surface area contributed by atoms with E-state index in [9.17, 15) is 4.79 Å². The number of carbonyl (C=O) groups is 1. The van der Waals surface area contributed by atoms with Crippen molar-refractivity contribution < 1.29 is 9.53 Å². The molecule has 144 valence electrons. The summed E-state index contributed by atoms with van der Waals surface area (Å²) in [4.78, 5) is 16.7. The Labute approximate surface area is 162 Å². The molecule has 1 heterocycles. The predicted octanol–water partition coefficient (Wildman–Crippen LogP) is 3.74. The smallest absolute Gasteiger partial charge is 0.320 e. The Morgan fingerprint density at radius 3 is 2.00 bits per heavy atom. The molecule has 0 atom stereocenters. The van der Waals surface area contributed by atoms with Crippen LogP contribution >= 0.6 is 0 Å². The highest BCUT2D eigenvalue weighted by Crippen LogP contribution is 2.29. The first-order valence-corrected chi connectivity index (χ1v) is 10.00. The predicted molar refractivity (Wildman–Crippen MR) is 109 cm³/mol. The highest BCUT2D eigenvalue weighted by molar-refractivity contribution is 5.71. The molecule has 0 bridgehead atoms. The quantitative estimate of drug-likeness (QED) is 0.526. The number of nitrogens with zero attached hydrogens (tertiary/aromatic N) is 2. The van der Waals surface area contributed by atoms with E-state index < -0.39 is 0 Å². The van der Waals surface area contributed by atoms with Crippen molar-refractivity contribution in [1.29, 1.82) is 0 Å². The summed E-state index contributed by atoms with van der Waals surface area (Å²) in [7, 11) is 0. The second kappa shape index (κ2) is 10.2. The summed E-state index contributed by atoms with van der Waals surface area (Å²) in [5, 5.41) is 0. The summed E-state index contributed by atoms with van der Waals surface area (Å²) < 4.78 is 5.30. The summed E-state index contributed by atoms with van der Waals surface area (Å²) in [5.74, 6) is -0.0976. The van der Waals surface area contributed by atoms with Crippen LogP contribution in [-0.2, 0) is 9.53 Å². The topological polar surface area (TPSA) is 32.8 Å². The SMILES string of the molecule is CCCCOC(=O)CN1CCN(C(c2ccccc2)c2ccccc2)CC1. The number of piperazine rings is 1. The molecule has 1 fully saturated rings. The van der Waals surface area contributed by atoms with Crippen LogP contribution in [0.2, 0.25) is 0 Å². The molecule has 0 amide bonds. The van der Waals surface area contributed by atoms with Gasteiger partial charge in [0.05, 0.1) is 19.2 Å².